The van der Waals surface area contributed by atoms with Crippen LogP contribution < -0.4 is 5.32 Å². The van der Waals surface area contributed by atoms with Gasteiger partial charge in [0.2, 0.25) is 17.7 Å². The minimum absolute atomic E-state index is 0.0922. The maximum atomic E-state index is 11.8. The van der Waals surface area contributed by atoms with Gasteiger partial charge in [0.15, 0.2) is 0 Å². The fourth-order valence-electron chi connectivity index (χ4n) is 2.77. The Hall–Kier alpha value is -3.11. The molecule has 0 atom stereocenters. The van der Waals surface area contributed by atoms with E-state index in [-0.39, 0.29) is 43.8 Å². The summed E-state index contributed by atoms with van der Waals surface area (Å²) in [5.74, 6) is -0.810. The Labute approximate surface area is 195 Å². The highest BCUT2D eigenvalue weighted by Gasteiger charge is 2.32. The van der Waals surface area contributed by atoms with Crippen molar-refractivity contribution in [1.29, 1.82) is 0 Å². The first-order chi connectivity index (χ1) is 15.1. The van der Waals surface area contributed by atoms with Gasteiger partial charge in [0.1, 0.15) is 24.3 Å². The number of carbonyl (C=O) groups excluding carboxylic acids is 5. The lowest BCUT2D eigenvalue weighted by Crippen LogP contribution is -2.54. The van der Waals surface area contributed by atoms with Crippen molar-refractivity contribution >= 4 is 29.9 Å². The van der Waals surface area contributed by atoms with Crippen molar-refractivity contribution in [2.75, 3.05) is 39.3 Å². The topological polar surface area (TPSA) is 126 Å². The van der Waals surface area contributed by atoms with E-state index in [2.05, 4.69) is 11.9 Å². The maximum absolute atomic E-state index is 11.8. The van der Waals surface area contributed by atoms with Crippen LogP contribution in [-0.2, 0) is 23.9 Å². The van der Waals surface area contributed by atoms with Crippen LogP contribution in [0.2, 0.25) is 0 Å². The van der Waals surface area contributed by atoms with Gasteiger partial charge in [-0.1, -0.05) is 6.08 Å². The minimum Gasteiger partial charge on any atom is -0.444 e. The molecule has 11 heteroatoms. The summed E-state index contributed by atoms with van der Waals surface area (Å²) in [4.78, 5) is 61.6. The second kappa shape index (κ2) is 11.7. The highest BCUT2D eigenvalue weighted by molar-refractivity contribution is 5.98. The molecule has 2 aliphatic heterocycles. The van der Waals surface area contributed by atoms with Crippen LogP contribution in [0.5, 0.6) is 0 Å². The van der Waals surface area contributed by atoms with Gasteiger partial charge in [0.25, 0.3) is 0 Å². The largest absolute Gasteiger partial charge is 0.444 e. The Morgan fingerprint density at radius 3 is 1.85 bits per heavy atom. The van der Waals surface area contributed by atoms with Gasteiger partial charge < -0.3 is 14.8 Å². The molecule has 5 amide bonds. The van der Waals surface area contributed by atoms with Crippen LogP contribution >= 0.6 is 0 Å². The highest BCUT2D eigenvalue weighted by Crippen LogP contribution is 2.13. The number of rotatable bonds is 2. The molecule has 2 heterocycles. The summed E-state index contributed by atoms with van der Waals surface area (Å²) >= 11 is 0. The van der Waals surface area contributed by atoms with Crippen molar-refractivity contribution in [3.8, 4) is 0 Å². The SMILES string of the molecule is C=CCC(=O)N1CCN(C(=O)OC(C)(C)C)CC1=O.CC(C)(C)OC(=O)N1CCNC(=O)C1. The van der Waals surface area contributed by atoms with Crippen LogP contribution in [0.1, 0.15) is 48.0 Å². The van der Waals surface area contributed by atoms with E-state index in [0.717, 1.165) is 4.90 Å². The monoisotopic (exact) mass is 468 g/mol. The molecule has 2 aliphatic rings. The van der Waals surface area contributed by atoms with E-state index in [1.807, 2.05) is 0 Å². The fourth-order valence-corrected chi connectivity index (χ4v) is 2.77. The second-order valence-corrected chi connectivity index (χ2v) is 9.59. The molecular formula is C22H36N4O7. The number of nitrogens with zero attached hydrogens (tertiary/aromatic N) is 3. The van der Waals surface area contributed by atoms with Gasteiger partial charge >= 0.3 is 12.2 Å². The first-order valence-electron chi connectivity index (χ1n) is 10.8. The first kappa shape index (κ1) is 27.9. The van der Waals surface area contributed by atoms with Gasteiger partial charge in [-0.25, -0.2) is 9.59 Å². The smallest absolute Gasteiger partial charge is 0.410 e. The number of imide groups is 1. The van der Waals surface area contributed by atoms with E-state index in [1.165, 1.54) is 15.9 Å². The predicted molar refractivity (Wildman–Crippen MR) is 120 cm³/mol. The van der Waals surface area contributed by atoms with Crippen molar-refractivity contribution in [3.05, 3.63) is 12.7 Å². The molecule has 1 N–H and O–H groups in total. The third-order valence-electron chi connectivity index (χ3n) is 4.18. The Morgan fingerprint density at radius 1 is 0.909 bits per heavy atom. The average Bonchev–Trinajstić information content (AvgIpc) is 2.66. The third kappa shape index (κ3) is 10.4. The summed E-state index contributed by atoms with van der Waals surface area (Å²) in [6.07, 6.45) is 0.623. The lowest BCUT2D eigenvalue weighted by Gasteiger charge is -2.34. The molecule has 0 radical (unpaired) electrons. The summed E-state index contributed by atoms with van der Waals surface area (Å²) in [5.41, 5.74) is -1.11. The number of amides is 5. The zero-order valence-corrected chi connectivity index (χ0v) is 20.4. The molecule has 11 nitrogen and oxygen atoms in total. The molecule has 186 valence electrons. The molecule has 2 saturated heterocycles. The van der Waals surface area contributed by atoms with Crippen molar-refractivity contribution in [2.24, 2.45) is 0 Å². The highest BCUT2D eigenvalue weighted by atomic mass is 16.6. The molecule has 0 aromatic heterocycles. The summed E-state index contributed by atoms with van der Waals surface area (Å²) in [7, 11) is 0. The van der Waals surface area contributed by atoms with E-state index in [9.17, 15) is 24.0 Å². The molecule has 0 spiro atoms. The number of nitrogens with one attached hydrogen (secondary N) is 1. The second-order valence-electron chi connectivity index (χ2n) is 9.59. The molecule has 0 aliphatic carbocycles. The van der Waals surface area contributed by atoms with E-state index >= 15 is 0 Å². The lowest BCUT2D eigenvalue weighted by atomic mass is 10.2. The van der Waals surface area contributed by atoms with E-state index in [0.29, 0.717) is 19.6 Å². The van der Waals surface area contributed by atoms with Gasteiger partial charge in [-0.15, -0.1) is 6.58 Å². The van der Waals surface area contributed by atoms with E-state index in [1.54, 1.807) is 41.5 Å². The summed E-state index contributed by atoms with van der Waals surface area (Å²) < 4.78 is 10.3. The molecule has 2 fully saturated rings. The van der Waals surface area contributed by atoms with Crippen LogP contribution in [0, 0.1) is 0 Å². The van der Waals surface area contributed by atoms with Crippen LogP contribution in [0.3, 0.4) is 0 Å². The Morgan fingerprint density at radius 2 is 1.42 bits per heavy atom. The number of hydrogen-bond donors (Lipinski definition) is 1. The Kier molecular flexibility index (Phi) is 9.87. The number of ether oxygens (including phenoxy) is 2. The number of piperazine rings is 2. The normalized spacial score (nSPS) is 16.8. The van der Waals surface area contributed by atoms with Gasteiger partial charge in [-0.3, -0.25) is 29.1 Å². The van der Waals surface area contributed by atoms with E-state index < -0.39 is 23.4 Å². The van der Waals surface area contributed by atoms with Gasteiger partial charge in [0, 0.05) is 32.6 Å². The van der Waals surface area contributed by atoms with Crippen LogP contribution in [0.4, 0.5) is 9.59 Å². The van der Waals surface area contributed by atoms with Crippen molar-refractivity contribution < 1.29 is 33.4 Å². The summed E-state index contributed by atoms with van der Waals surface area (Å²) in [6.45, 7) is 15.6. The molecule has 0 aromatic rings. The van der Waals surface area contributed by atoms with Crippen LogP contribution in [-0.4, -0.2) is 95.1 Å². The van der Waals surface area contributed by atoms with Crippen LogP contribution in [0.25, 0.3) is 0 Å². The van der Waals surface area contributed by atoms with Gasteiger partial charge in [-0.05, 0) is 41.5 Å². The van der Waals surface area contributed by atoms with Crippen molar-refractivity contribution in [3.63, 3.8) is 0 Å². The molecule has 0 saturated carbocycles. The number of carbonyl (C=O) groups is 5. The standard InChI is InChI=1S/C13H20N2O4.C9H16N2O3/c1-5-6-10(16)15-8-7-14(9-11(15)17)12(18)19-13(2,3)4;1-9(2,3)14-8(13)11-5-4-10-7(12)6-11/h5H,1,6-9H2,2-4H3;4-6H2,1-3H3,(H,10,12). The molecule has 0 unspecified atom stereocenters. The van der Waals surface area contributed by atoms with Crippen molar-refractivity contribution in [2.45, 2.75) is 59.2 Å². The zero-order valence-electron chi connectivity index (χ0n) is 20.4. The van der Waals surface area contributed by atoms with Gasteiger partial charge in [-0.2, -0.15) is 0 Å². The quantitative estimate of drug-likeness (QED) is 0.609. The van der Waals surface area contributed by atoms with Crippen molar-refractivity contribution in [1.82, 2.24) is 20.0 Å². The maximum Gasteiger partial charge on any atom is 0.410 e. The number of hydrogen-bond acceptors (Lipinski definition) is 7. The predicted octanol–water partition coefficient (Wildman–Crippen LogP) is 1.52. The van der Waals surface area contributed by atoms with E-state index in [4.69, 9.17) is 9.47 Å². The van der Waals surface area contributed by atoms with Crippen LogP contribution in [0.15, 0.2) is 12.7 Å². The fraction of sp³-hybridized carbons (Fsp3) is 0.682. The van der Waals surface area contributed by atoms with Gasteiger partial charge in [0.05, 0.1) is 0 Å². The molecule has 0 bridgehead atoms. The summed E-state index contributed by atoms with van der Waals surface area (Å²) in [5, 5.41) is 2.64. The molecule has 0 aromatic carbocycles. The molecule has 2 rings (SSSR count). The molecule has 33 heavy (non-hydrogen) atoms. The average molecular weight is 469 g/mol. The summed E-state index contributed by atoms with van der Waals surface area (Å²) in [6, 6.07) is 0. The third-order valence-corrected chi connectivity index (χ3v) is 4.18. The lowest BCUT2D eigenvalue weighted by molar-refractivity contribution is -0.148. The molecular weight excluding hydrogens is 432 g/mol. The first-order valence-corrected chi connectivity index (χ1v) is 10.8. The Balaban J connectivity index is 0.000000346. The Bertz CT molecular complexity index is 768. The zero-order chi connectivity index (χ0) is 25.4. The minimum atomic E-state index is -0.601.